The molecule has 4 aromatic carbocycles. The van der Waals surface area contributed by atoms with Crippen molar-refractivity contribution >= 4 is 16.7 Å². The van der Waals surface area contributed by atoms with Crippen molar-refractivity contribution in [1.82, 2.24) is 5.32 Å². The topological polar surface area (TPSA) is 64.3 Å². The fourth-order valence-corrected chi connectivity index (χ4v) is 5.58. The summed E-state index contributed by atoms with van der Waals surface area (Å²) in [6.45, 7) is 6.88. The zero-order valence-corrected chi connectivity index (χ0v) is 20.5. The fourth-order valence-electron chi connectivity index (χ4n) is 5.58. The minimum Gasteiger partial charge on any atom is -0.489 e. The van der Waals surface area contributed by atoms with E-state index in [2.05, 4.69) is 72.9 Å². The van der Waals surface area contributed by atoms with E-state index in [1.165, 1.54) is 16.3 Å². The molecule has 0 spiro atoms. The molecule has 4 aromatic rings. The van der Waals surface area contributed by atoms with Gasteiger partial charge in [-0.3, -0.25) is 4.79 Å². The van der Waals surface area contributed by atoms with Crippen molar-refractivity contribution in [2.45, 2.75) is 45.3 Å². The molecule has 0 aliphatic carbocycles. The van der Waals surface area contributed by atoms with E-state index in [4.69, 9.17) is 10.5 Å². The first-order valence-corrected chi connectivity index (χ1v) is 12.3. The Hall–Kier alpha value is -3.63. The van der Waals surface area contributed by atoms with E-state index >= 15 is 0 Å². The van der Waals surface area contributed by atoms with Crippen LogP contribution in [0.25, 0.3) is 10.8 Å². The van der Waals surface area contributed by atoms with E-state index in [1.807, 2.05) is 32.0 Å². The van der Waals surface area contributed by atoms with Crippen LogP contribution in [-0.4, -0.2) is 18.6 Å². The third kappa shape index (κ3) is 4.42. The zero-order chi connectivity index (χ0) is 24.5. The standard InChI is InChI=1S/C31H32N2O2/c1-19-15-16-24(20(2)30(19)31(32)34)28-17-23(35-29-14-7-6-12-27(28)29)18-33-21(3)25-13-8-10-22-9-4-5-11-26(22)25/h4-16,21,23,28,33H,17-18H2,1-3H3,(H2,32,34)/t21-,23-,28+/m1/s1. The molecule has 178 valence electrons. The van der Waals surface area contributed by atoms with Crippen LogP contribution >= 0.6 is 0 Å². The van der Waals surface area contributed by atoms with Crippen molar-refractivity contribution < 1.29 is 9.53 Å². The molecule has 4 heteroatoms. The van der Waals surface area contributed by atoms with Gasteiger partial charge in [-0.2, -0.15) is 0 Å². The number of rotatable bonds is 6. The van der Waals surface area contributed by atoms with Gasteiger partial charge in [0.1, 0.15) is 11.9 Å². The van der Waals surface area contributed by atoms with Crippen molar-refractivity contribution in [2.24, 2.45) is 5.73 Å². The molecule has 1 heterocycles. The molecule has 0 saturated carbocycles. The number of amides is 1. The van der Waals surface area contributed by atoms with Gasteiger partial charge in [0.2, 0.25) is 5.91 Å². The number of para-hydroxylation sites is 1. The Labute approximate surface area is 207 Å². The molecule has 0 radical (unpaired) electrons. The number of primary amides is 1. The van der Waals surface area contributed by atoms with Gasteiger partial charge in [0.25, 0.3) is 0 Å². The van der Waals surface area contributed by atoms with Crippen LogP contribution in [0.5, 0.6) is 5.75 Å². The number of nitrogens with one attached hydrogen (secondary N) is 1. The SMILES string of the molecule is Cc1ccc([C@@H]2C[C@H](CN[C@H](C)c3cccc4ccccc34)Oc3ccccc32)c(C)c1C(N)=O. The number of aryl methyl sites for hydroxylation is 1. The smallest absolute Gasteiger partial charge is 0.249 e. The molecular weight excluding hydrogens is 432 g/mol. The molecule has 1 aliphatic rings. The Morgan fingerprint density at radius 3 is 2.54 bits per heavy atom. The summed E-state index contributed by atoms with van der Waals surface area (Å²) >= 11 is 0. The highest BCUT2D eigenvalue weighted by Crippen LogP contribution is 2.42. The summed E-state index contributed by atoms with van der Waals surface area (Å²) < 4.78 is 6.44. The van der Waals surface area contributed by atoms with Crippen LogP contribution in [-0.2, 0) is 0 Å². The average molecular weight is 465 g/mol. The van der Waals surface area contributed by atoms with Crippen LogP contribution in [0.15, 0.2) is 78.9 Å². The summed E-state index contributed by atoms with van der Waals surface area (Å²) in [6.07, 6.45) is 0.832. The third-order valence-corrected chi connectivity index (χ3v) is 7.37. The lowest BCUT2D eigenvalue weighted by Crippen LogP contribution is -2.37. The van der Waals surface area contributed by atoms with Gasteiger partial charge in [0.05, 0.1) is 0 Å². The Morgan fingerprint density at radius 2 is 1.71 bits per heavy atom. The van der Waals surface area contributed by atoms with Crippen molar-refractivity contribution in [1.29, 1.82) is 0 Å². The maximum absolute atomic E-state index is 12.2. The number of benzene rings is 4. The molecule has 4 nitrogen and oxygen atoms in total. The van der Waals surface area contributed by atoms with Gasteiger partial charge < -0.3 is 15.8 Å². The van der Waals surface area contributed by atoms with Gasteiger partial charge in [-0.1, -0.05) is 72.8 Å². The van der Waals surface area contributed by atoms with Crippen molar-refractivity contribution in [3.05, 3.63) is 112 Å². The predicted molar refractivity (Wildman–Crippen MR) is 142 cm³/mol. The van der Waals surface area contributed by atoms with E-state index in [1.54, 1.807) is 0 Å². The second kappa shape index (κ2) is 9.55. The molecule has 0 saturated heterocycles. The number of ether oxygens (including phenoxy) is 1. The zero-order valence-electron chi connectivity index (χ0n) is 20.5. The lowest BCUT2D eigenvalue weighted by atomic mass is 9.80. The monoisotopic (exact) mass is 464 g/mol. The second-order valence-corrected chi connectivity index (χ2v) is 9.60. The molecule has 5 rings (SSSR count). The highest BCUT2D eigenvalue weighted by Gasteiger charge is 2.31. The van der Waals surface area contributed by atoms with E-state index < -0.39 is 0 Å². The summed E-state index contributed by atoms with van der Waals surface area (Å²) in [5.74, 6) is 0.677. The maximum atomic E-state index is 12.2. The van der Waals surface area contributed by atoms with Gasteiger partial charge in [-0.15, -0.1) is 0 Å². The Morgan fingerprint density at radius 1 is 0.971 bits per heavy atom. The lowest BCUT2D eigenvalue weighted by Gasteiger charge is -2.34. The second-order valence-electron chi connectivity index (χ2n) is 9.60. The van der Waals surface area contributed by atoms with E-state index in [0.29, 0.717) is 5.56 Å². The largest absolute Gasteiger partial charge is 0.489 e. The van der Waals surface area contributed by atoms with Crippen LogP contribution in [0.3, 0.4) is 0 Å². The molecular formula is C31H32N2O2. The first-order valence-electron chi connectivity index (χ1n) is 12.3. The van der Waals surface area contributed by atoms with Gasteiger partial charge in [-0.25, -0.2) is 0 Å². The number of hydrogen-bond donors (Lipinski definition) is 2. The first-order chi connectivity index (χ1) is 16.9. The third-order valence-electron chi connectivity index (χ3n) is 7.37. The Bertz CT molecular complexity index is 1390. The Balaban J connectivity index is 1.42. The van der Waals surface area contributed by atoms with E-state index in [9.17, 15) is 4.79 Å². The number of carbonyl (C=O) groups is 1. The summed E-state index contributed by atoms with van der Waals surface area (Å²) in [4.78, 5) is 12.2. The molecule has 0 fully saturated rings. The van der Waals surface area contributed by atoms with Gasteiger partial charge in [0.15, 0.2) is 0 Å². The molecule has 3 N–H and O–H groups in total. The van der Waals surface area contributed by atoms with Gasteiger partial charge in [-0.05, 0) is 66.3 Å². The molecule has 0 unspecified atom stereocenters. The number of hydrogen-bond acceptors (Lipinski definition) is 3. The highest BCUT2D eigenvalue weighted by atomic mass is 16.5. The minimum atomic E-state index is -0.371. The summed E-state index contributed by atoms with van der Waals surface area (Å²) in [7, 11) is 0. The molecule has 0 aromatic heterocycles. The van der Waals surface area contributed by atoms with Gasteiger partial charge >= 0.3 is 0 Å². The molecule has 3 atom stereocenters. The lowest BCUT2D eigenvalue weighted by molar-refractivity contribution is 0.0999. The average Bonchev–Trinajstić information content (AvgIpc) is 2.86. The summed E-state index contributed by atoms with van der Waals surface area (Å²) in [5, 5.41) is 6.24. The first kappa shape index (κ1) is 23.1. The van der Waals surface area contributed by atoms with Crippen molar-refractivity contribution in [2.75, 3.05) is 6.54 Å². The van der Waals surface area contributed by atoms with Crippen molar-refractivity contribution in [3.63, 3.8) is 0 Å². The van der Waals surface area contributed by atoms with E-state index in [-0.39, 0.29) is 24.0 Å². The van der Waals surface area contributed by atoms with Crippen LogP contribution in [0, 0.1) is 13.8 Å². The fraction of sp³-hybridized carbons (Fsp3) is 0.258. The van der Waals surface area contributed by atoms with Crippen LogP contribution < -0.4 is 15.8 Å². The van der Waals surface area contributed by atoms with Crippen LogP contribution in [0.1, 0.15) is 63.5 Å². The Kier molecular flexibility index (Phi) is 6.31. The molecule has 1 aliphatic heterocycles. The molecule has 35 heavy (non-hydrogen) atoms. The molecule has 1 amide bonds. The quantitative estimate of drug-likeness (QED) is 0.358. The summed E-state index contributed by atoms with van der Waals surface area (Å²) in [5.41, 5.74) is 11.8. The van der Waals surface area contributed by atoms with Crippen molar-refractivity contribution in [3.8, 4) is 5.75 Å². The predicted octanol–water partition coefficient (Wildman–Crippen LogP) is 6.19. The molecule has 0 bridgehead atoms. The normalized spacial score (nSPS) is 18.0. The number of carbonyl (C=O) groups excluding carboxylic acids is 1. The van der Waals surface area contributed by atoms with Crippen LogP contribution in [0.4, 0.5) is 0 Å². The maximum Gasteiger partial charge on any atom is 0.249 e. The summed E-state index contributed by atoms with van der Waals surface area (Å²) in [6, 6.07) is 27.6. The number of nitrogens with two attached hydrogens (primary N) is 1. The minimum absolute atomic E-state index is 0.00468. The van der Waals surface area contributed by atoms with Gasteiger partial charge in [0, 0.05) is 29.6 Å². The van der Waals surface area contributed by atoms with E-state index in [0.717, 1.165) is 41.0 Å². The van der Waals surface area contributed by atoms with Crippen LogP contribution in [0.2, 0.25) is 0 Å². The number of fused-ring (bicyclic) bond motifs is 2. The highest BCUT2D eigenvalue weighted by molar-refractivity contribution is 5.96.